The monoisotopic (exact) mass is 249 g/mol. The third-order valence-corrected chi connectivity index (χ3v) is 3.64. The third kappa shape index (κ3) is 3.40. The summed E-state index contributed by atoms with van der Waals surface area (Å²) in [6.07, 6.45) is 7.59. The van der Waals surface area contributed by atoms with E-state index < -0.39 is 0 Å². The van der Waals surface area contributed by atoms with Crippen molar-refractivity contribution < 1.29 is 4.79 Å². The van der Waals surface area contributed by atoms with Gasteiger partial charge in [0, 0.05) is 25.3 Å². The number of rotatable bonds is 6. The molecule has 0 N–H and O–H groups in total. The first kappa shape index (κ1) is 13.2. The molecule has 1 aromatic heterocycles. The molecule has 0 atom stereocenters. The van der Waals surface area contributed by atoms with Crippen LogP contribution in [0.15, 0.2) is 6.33 Å². The topological polar surface area (TPSA) is 47.8 Å². The van der Waals surface area contributed by atoms with Crippen molar-refractivity contribution in [1.82, 2.24) is 14.8 Å². The van der Waals surface area contributed by atoms with Gasteiger partial charge in [0.15, 0.2) is 0 Å². The molecule has 0 aromatic carbocycles. The van der Waals surface area contributed by atoms with Crippen molar-refractivity contribution >= 4 is 5.78 Å². The van der Waals surface area contributed by atoms with Crippen LogP contribution in [-0.4, -0.2) is 20.5 Å². The summed E-state index contributed by atoms with van der Waals surface area (Å²) >= 11 is 0. The van der Waals surface area contributed by atoms with Gasteiger partial charge in [-0.25, -0.2) is 9.67 Å². The Morgan fingerprint density at radius 2 is 2.17 bits per heavy atom. The average Bonchev–Trinajstić information content (AvgIpc) is 2.95. The maximum Gasteiger partial charge on any atom is 0.138 e. The zero-order valence-corrected chi connectivity index (χ0v) is 11.4. The molecule has 100 valence electrons. The minimum Gasteiger partial charge on any atom is -0.299 e. The Kier molecular flexibility index (Phi) is 4.50. The predicted octanol–water partition coefficient (Wildman–Crippen LogP) is 2.63. The Balaban J connectivity index is 1.85. The lowest BCUT2D eigenvalue weighted by Gasteiger charge is -2.10. The fourth-order valence-corrected chi connectivity index (χ4v) is 2.67. The molecule has 1 heterocycles. The highest BCUT2D eigenvalue weighted by Gasteiger charge is 2.22. The molecule has 4 heteroatoms. The van der Waals surface area contributed by atoms with Crippen molar-refractivity contribution in [2.45, 2.75) is 58.9 Å². The summed E-state index contributed by atoms with van der Waals surface area (Å²) < 4.78 is 1.94. The molecule has 0 unspecified atom stereocenters. The van der Waals surface area contributed by atoms with E-state index in [4.69, 9.17) is 0 Å². The summed E-state index contributed by atoms with van der Waals surface area (Å²) in [6.45, 7) is 5.21. The molecular weight excluding hydrogens is 226 g/mol. The maximum absolute atomic E-state index is 12.0. The molecule has 0 bridgehead atoms. The van der Waals surface area contributed by atoms with E-state index in [1.165, 1.54) is 12.8 Å². The number of nitrogens with zero attached hydrogens (tertiary/aromatic N) is 3. The van der Waals surface area contributed by atoms with Gasteiger partial charge in [0.05, 0.1) is 0 Å². The van der Waals surface area contributed by atoms with Crippen LogP contribution in [0.3, 0.4) is 0 Å². The van der Waals surface area contributed by atoms with E-state index in [1.54, 1.807) is 6.33 Å². The van der Waals surface area contributed by atoms with Gasteiger partial charge in [0.2, 0.25) is 0 Å². The lowest BCUT2D eigenvalue weighted by atomic mass is 9.99. The molecule has 18 heavy (non-hydrogen) atoms. The van der Waals surface area contributed by atoms with E-state index in [0.29, 0.717) is 24.0 Å². The van der Waals surface area contributed by atoms with Crippen molar-refractivity contribution in [1.29, 1.82) is 0 Å². The Morgan fingerprint density at radius 1 is 1.44 bits per heavy atom. The molecule has 1 aliphatic carbocycles. The lowest BCUT2D eigenvalue weighted by molar-refractivity contribution is -0.122. The van der Waals surface area contributed by atoms with Gasteiger partial charge in [-0.15, -0.1) is 0 Å². The van der Waals surface area contributed by atoms with Gasteiger partial charge in [0.25, 0.3) is 0 Å². The summed E-state index contributed by atoms with van der Waals surface area (Å²) in [4.78, 5) is 16.3. The highest BCUT2D eigenvalue weighted by molar-refractivity contribution is 5.81. The second kappa shape index (κ2) is 6.12. The highest BCUT2D eigenvalue weighted by atomic mass is 16.1. The van der Waals surface area contributed by atoms with Gasteiger partial charge in [-0.3, -0.25) is 4.79 Å². The van der Waals surface area contributed by atoms with Crippen LogP contribution in [0.1, 0.15) is 51.8 Å². The second-order valence-corrected chi connectivity index (χ2v) is 5.70. The van der Waals surface area contributed by atoms with Crippen LogP contribution in [0.2, 0.25) is 0 Å². The standard InChI is InChI=1S/C14H23N3O/c1-11(2)9-17-14(15-10-16-17)8-7-13(18)12-5-3-4-6-12/h10-12H,3-9H2,1-2H3. The number of aromatic nitrogens is 3. The number of ketones is 1. The Morgan fingerprint density at radius 3 is 2.83 bits per heavy atom. The SMILES string of the molecule is CC(C)Cn1ncnc1CCC(=O)C1CCCC1. The average molecular weight is 249 g/mol. The van der Waals surface area contributed by atoms with Gasteiger partial charge < -0.3 is 0 Å². The summed E-state index contributed by atoms with van der Waals surface area (Å²) in [5.41, 5.74) is 0. The van der Waals surface area contributed by atoms with Crippen molar-refractivity contribution in [2.24, 2.45) is 11.8 Å². The van der Waals surface area contributed by atoms with Gasteiger partial charge >= 0.3 is 0 Å². The van der Waals surface area contributed by atoms with E-state index in [1.807, 2.05) is 4.68 Å². The fraction of sp³-hybridized carbons (Fsp3) is 0.786. The second-order valence-electron chi connectivity index (χ2n) is 5.70. The van der Waals surface area contributed by atoms with Crippen molar-refractivity contribution in [3.63, 3.8) is 0 Å². The minimum absolute atomic E-state index is 0.325. The molecule has 1 aromatic rings. The molecular formula is C14H23N3O. The molecule has 0 amide bonds. The molecule has 1 fully saturated rings. The van der Waals surface area contributed by atoms with E-state index in [9.17, 15) is 4.79 Å². The van der Waals surface area contributed by atoms with Gasteiger partial charge in [0.1, 0.15) is 17.9 Å². The van der Waals surface area contributed by atoms with Crippen molar-refractivity contribution in [2.75, 3.05) is 0 Å². The molecule has 4 nitrogen and oxygen atoms in total. The molecule has 1 aliphatic rings. The largest absolute Gasteiger partial charge is 0.299 e. The zero-order valence-electron chi connectivity index (χ0n) is 11.4. The normalized spacial score (nSPS) is 16.6. The van der Waals surface area contributed by atoms with Gasteiger partial charge in [-0.1, -0.05) is 26.7 Å². The van der Waals surface area contributed by atoms with Crippen molar-refractivity contribution in [3.05, 3.63) is 12.2 Å². The summed E-state index contributed by atoms with van der Waals surface area (Å²) in [5.74, 6) is 2.25. The Labute approximate surface area is 109 Å². The number of hydrogen-bond donors (Lipinski definition) is 0. The third-order valence-electron chi connectivity index (χ3n) is 3.64. The van der Waals surface area contributed by atoms with Crippen LogP contribution in [0, 0.1) is 11.8 Å². The summed E-state index contributed by atoms with van der Waals surface area (Å²) in [6, 6.07) is 0. The molecule has 0 radical (unpaired) electrons. The summed E-state index contributed by atoms with van der Waals surface area (Å²) in [5, 5.41) is 4.23. The number of carbonyl (C=O) groups excluding carboxylic acids is 1. The van der Waals surface area contributed by atoms with Crippen LogP contribution in [0.25, 0.3) is 0 Å². The van der Waals surface area contributed by atoms with Crippen LogP contribution >= 0.6 is 0 Å². The Hall–Kier alpha value is -1.19. The number of Topliss-reactive ketones (excluding diaryl/α,β-unsaturated/α-hetero) is 1. The van der Waals surface area contributed by atoms with E-state index >= 15 is 0 Å². The maximum atomic E-state index is 12.0. The first-order valence-corrected chi connectivity index (χ1v) is 7.06. The minimum atomic E-state index is 0.325. The first-order chi connectivity index (χ1) is 8.66. The number of hydrogen-bond acceptors (Lipinski definition) is 3. The molecule has 1 saturated carbocycles. The molecule has 2 rings (SSSR count). The van der Waals surface area contributed by atoms with Crippen LogP contribution in [0.5, 0.6) is 0 Å². The zero-order chi connectivity index (χ0) is 13.0. The predicted molar refractivity (Wildman–Crippen MR) is 70.1 cm³/mol. The first-order valence-electron chi connectivity index (χ1n) is 7.06. The fourth-order valence-electron chi connectivity index (χ4n) is 2.67. The van der Waals surface area contributed by atoms with Crippen molar-refractivity contribution in [3.8, 4) is 0 Å². The lowest BCUT2D eigenvalue weighted by Crippen LogP contribution is -2.15. The van der Waals surface area contributed by atoms with E-state index in [2.05, 4.69) is 23.9 Å². The molecule has 0 saturated heterocycles. The highest BCUT2D eigenvalue weighted by Crippen LogP contribution is 2.26. The van der Waals surface area contributed by atoms with Crippen LogP contribution in [-0.2, 0) is 17.8 Å². The van der Waals surface area contributed by atoms with Gasteiger partial charge in [-0.05, 0) is 18.8 Å². The van der Waals surface area contributed by atoms with E-state index in [-0.39, 0.29) is 0 Å². The number of aryl methyl sites for hydroxylation is 1. The smallest absolute Gasteiger partial charge is 0.138 e. The Bertz CT molecular complexity index is 391. The van der Waals surface area contributed by atoms with E-state index in [0.717, 1.165) is 31.6 Å². The number of carbonyl (C=O) groups is 1. The summed E-state index contributed by atoms with van der Waals surface area (Å²) in [7, 11) is 0. The van der Waals surface area contributed by atoms with Gasteiger partial charge in [-0.2, -0.15) is 5.10 Å². The molecule has 0 aliphatic heterocycles. The van der Waals surface area contributed by atoms with Crippen LogP contribution in [0.4, 0.5) is 0 Å². The van der Waals surface area contributed by atoms with Crippen LogP contribution < -0.4 is 0 Å². The quantitative estimate of drug-likeness (QED) is 0.778. The molecule has 0 spiro atoms.